The second kappa shape index (κ2) is 11.2. The molecule has 0 aliphatic rings. The van der Waals surface area contributed by atoms with Crippen LogP contribution in [0.5, 0.6) is 0 Å². The van der Waals surface area contributed by atoms with Crippen LogP contribution in [0.25, 0.3) is 5.69 Å². The number of hydrogen-bond donors (Lipinski definition) is 1. The van der Waals surface area contributed by atoms with Gasteiger partial charge in [-0.15, -0.1) is 0 Å². The lowest BCUT2D eigenvalue weighted by Gasteiger charge is -2.25. The number of hydrogen-bond acceptors (Lipinski definition) is 4. The molecule has 0 spiro atoms. The van der Waals surface area contributed by atoms with Crippen molar-refractivity contribution in [1.82, 2.24) is 9.99 Å². The van der Waals surface area contributed by atoms with Crippen LogP contribution in [0, 0.1) is 27.7 Å². The molecule has 1 amide bonds. The summed E-state index contributed by atoms with van der Waals surface area (Å²) in [7, 11) is -4.00. The monoisotopic (exact) mass is 548 g/mol. The summed E-state index contributed by atoms with van der Waals surface area (Å²) in [6.45, 7) is 7.18. The normalized spacial score (nSPS) is 11.6. The number of rotatable bonds is 8. The van der Waals surface area contributed by atoms with Gasteiger partial charge in [0, 0.05) is 27.7 Å². The van der Waals surface area contributed by atoms with E-state index in [9.17, 15) is 13.2 Å². The second-order valence-corrected chi connectivity index (χ2v) is 11.3. The molecule has 38 heavy (non-hydrogen) atoms. The van der Waals surface area contributed by atoms with Crippen molar-refractivity contribution in [3.8, 4) is 5.69 Å². The zero-order valence-corrected chi connectivity index (χ0v) is 23.2. The van der Waals surface area contributed by atoms with E-state index in [2.05, 4.69) is 10.5 Å². The molecule has 0 aliphatic carbocycles. The van der Waals surface area contributed by atoms with E-state index >= 15 is 0 Å². The molecule has 0 atom stereocenters. The zero-order valence-electron chi connectivity index (χ0n) is 21.6. The van der Waals surface area contributed by atoms with Crippen molar-refractivity contribution in [2.75, 3.05) is 10.8 Å². The third-order valence-corrected chi connectivity index (χ3v) is 8.19. The van der Waals surface area contributed by atoms with Crippen molar-refractivity contribution in [2.45, 2.75) is 32.6 Å². The number of benzene rings is 3. The lowest BCUT2D eigenvalue weighted by molar-refractivity contribution is -0.119. The Kier molecular flexibility index (Phi) is 8.04. The van der Waals surface area contributed by atoms with E-state index < -0.39 is 22.5 Å². The summed E-state index contributed by atoms with van der Waals surface area (Å²) in [6, 6.07) is 23.1. The Morgan fingerprint density at radius 1 is 0.974 bits per heavy atom. The third kappa shape index (κ3) is 5.82. The van der Waals surface area contributed by atoms with Crippen LogP contribution in [0.1, 0.15) is 28.1 Å². The maximum absolute atomic E-state index is 13.6. The summed E-state index contributed by atoms with van der Waals surface area (Å²) >= 11 is 6.17. The van der Waals surface area contributed by atoms with E-state index in [0.29, 0.717) is 10.7 Å². The molecule has 0 radical (unpaired) electrons. The molecule has 0 aliphatic heterocycles. The van der Waals surface area contributed by atoms with E-state index in [1.807, 2.05) is 74.7 Å². The van der Waals surface area contributed by atoms with Gasteiger partial charge in [-0.05, 0) is 81.3 Å². The van der Waals surface area contributed by atoms with Gasteiger partial charge in [-0.1, -0.05) is 48.0 Å². The number of aromatic nitrogens is 1. The van der Waals surface area contributed by atoms with Gasteiger partial charge in [-0.3, -0.25) is 9.10 Å². The summed E-state index contributed by atoms with van der Waals surface area (Å²) in [5, 5.41) is 4.76. The van der Waals surface area contributed by atoms with Crippen molar-refractivity contribution >= 4 is 39.4 Å². The fraction of sp³-hybridized carbons (Fsp3) is 0.172. The van der Waals surface area contributed by atoms with Gasteiger partial charge in [0.2, 0.25) is 0 Å². The van der Waals surface area contributed by atoms with Crippen LogP contribution >= 0.6 is 11.6 Å². The lowest BCUT2D eigenvalue weighted by atomic mass is 10.1. The molecule has 1 N–H and O–H groups in total. The lowest BCUT2D eigenvalue weighted by Crippen LogP contribution is -2.40. The Labute approximate surface area is 228 Å². The number of anilines is 1. The van der Waals surface area contributed by atoms with Crippen LogP contribution in [0.2, 0.25) is 5.02 Å². The number of nitrogens with zero attached hydrogens (tertiary/aromatic N) is 3. The first kappa shape index (κ1) is 27.2. The summed E-state index contributed by atoms with van der Waals surface area (Å²) in [4.78, 5) is 13.1. The van der Waals surface area contributed by atoms with Crippen LogP contribution in [0.3, 0.4) is 0 Å². The van der Waals surface area contributed by atoms with E-state index in [4.69, 9.17) is 11.6 Å². The Morgan fingerprint density at radius 3 is 2.42 bits per heavy atom. The standard InChI is InChI=1S/C29H29ClN4O3S/c1-20-13-14-21(2)28(15-20)33(38(36,37)27-11-6-5-7-12-27)19-29(35)32-31-18-24-16-22(3)34(23(24)4)26-10-8-9-25(30)17-26/h5-18H,19H2,1-4H3,(H,32,35)/b31-18-. The first-order chi connectivity index (χ1) is 18.1. The quantitative estimate of drug-likeness (QED) is 0.226. The van der Waals surface area contributed by atoms with Crippen LogP contribution in [0.15, 0.2) is 88.9 Å². The van der Waals surface area contributed by atoms with Crippen LogP contribution in [-0.4, -0.2) is 31.7 Å². The first-order valence-corrected chi connectivity index (χ1v) is 13.8. The molecule has 3 aromatic carbocycles. The average molecular weight is 549 g/mol. The van der Waals surface area contributed by atoms with Gasteiger partial charge in [0.25, 0.3) is 15.9 Å². The predicted octanol–water partition coefficient (Wildman–Crippen LogP) is 5.71. The largest absolute Gasteiger partial charge is 0.318 e. The fourth-order valence-corrected chi connectivity index (χ4v) is 5.96. The van der Waals surface area contributed by atoms with Gasteiger partial charge in [-0.2, -0.15) is 5.10 Å². The molecule has 7 nitrogen and oxygen atoms in total. The molecule has 0 bridgehead atoms. The maximum atomic E-state index is 13.6. The fourth-order valence-electron chi connectivity index (χ4n) is 4.28. The number of amides is 1. The molecule has 9 heteroatoms. The Balaban J connectivity index is 1.58. The highest BCUT2D eigenvalue weighted by Gasteiger charge is 2.28. The SMILES string of the molecule is Cc1ccc(C)c(N(CC(=O)N/N=C\c2cc(C)n(-c3cccc(Cl)c3)c2C)S(=O)(=O)c2ccccc2)c1. The zero-order chi connectivity index (χ0) is 27.4. The summed E-state index contributed by atoms with van der Waals surface area (Å²) in [5.74, 6) is -0.565. The predicted molar refractivity (Wildman–Crippen MR) is 153 cm³/mol. The number of sulfonamides is 1. The number of carbonyl (C=O) groups is 1. The van der Waals surface area contributed by atoms with E-state index in [0.717, 1.165) is 38.1 Å². The molecular weight excluding hydrogens is 520 g/mol. The Hall–Kier alpha value is -3.88. The highest BCUT2D eigenvalue weighted by molar-refractivity contribution is 7.92. The Morgan fingerprint density at radius 2 is 1.71 bits per heavy atom. The molecule has 1 heterocycles. The molecule has 0 unspecified atom stereocenters. The molecule has 0 fully saturated rings. The smallest absolute Gasteiger partial charge is 0.264 e. The van der Waals surface area contributed by atoms with Crippen LogP contribution < -0.4 is 9.73 Å². The van der Waals surface area contributed by atoms with Crippen molar-refractivity contribution in [1.29, 1.82) is 0 Å². The van der Waals surface area contributed by atoms with Gasteiger partial charge in [-0.25, -0.2) is 13.8 Å². The third-order valence-electron chi connectivity index (χ3n) is 6.18. The van der Waals surface area contributed by atoms with Gasteiger partial charge >= 0.3 is 0 Å². The van der Waals surface area contributed by atoms with Crippen molar-refractivity contribution in [2.24, 2.45) is 5.10 Å². The number of carbonyl (C=O) groups excluding carboxylic acids is 1. The van der Waals surface area contributed by atoms with Crippen molar-refractivity contribution < 1.29 is 13.2 Å². The molecule has 0 saturated heterocycles. The van der Waals surface area contributed by atoms with Gasteiger partial charge in [0.05, 0.1) is 16.8 Å². The van der Waals surface area contributed by atoms with Crippen LogP contribution in [-0.2, 0) is 14.8 Å². The number of hydrazone groups is 1. The molecule has 4 rings (SSSR count). The van der Waals surface area contributed by atoms with Gasteiger partial charge in [0.15, 0.2) is 0 Å². The van der Waals surface area contributed by atoms with E-state index in [-0.39, 0.29) is 4.90 Å². The van der Waals surface area contributed by atoms with E-state index in [1.54, 1.807) is 30.5 Å². The molecule has 0 saturated carbocycles. The molecule has 4 aromatic rings. The topological polar surface area (TPSA) is 83.8 Å². The first-order valence-electron chi connectivity index (χ1n) is 12.0. The number of halogens is 1. The van der Waals surface area contributed by atoms with E-state index in [1.165, 1.54) is 12.1 Å². The summed E-state index contributed by atoms with van der Waals surface area (Å²) < 4.78 is 30.3. The average Bonchev–Trinajstić information content (AvgIpc) is 3.17. The minimum absolute atomic E-state index is 0.102. The highest BCUT2D eigenvalue weighted by atomic mass is 35.5. The number of nitrogens with one attached hydrogen (secondary N) is 1. The molecule has 1 aromatic heterocycles. The van der Waals surface area contributed by atoms with Crippen LogP contribution in [0.4, 0.5) is 5.69 Å². The highest BCUT2D eigenvalue weighted by Crippen LogP contribution is 2.28. The van der Waals surface area contributed by atoms with Crippen molar-refractivity contribution in [3.63, 3.8) is 0 Å². The number of aryl methyl sites for hydroxylation is 3. The minimum atomic E-state index is -4.00. The van der Waals surface area contributed by atoms with Gasteiger partial charge < -0.3 is 4.57 Å². The van der Waals surface area contributed by atoms with Gasteiger partial charge in [0.1, 0.15) is 6.54 Å². The Bertz CT molecular complexity index is 1610. The second-order valence-electron chi connectivity index (χ2n) is 9.05. The molecular formula is C29H29ClN4O3S. The molecule has 196 valence electrons. The minimum Gasteiger partial charge on any atom is -0.318 e. The summed E-state index contributed by atoms with van der Waals surface area (Å²) in [5.41, 5.74) is 8.18. The maximum Gasteiger partial charge on any atom is 0.264 e. The summed E-state index contributed by atoms with van der Waals surface area (Å²) in [6.07, 6.45) is 1.55. The van der Waals surface area contributed by atoms with Crippen molar-refractivity contribution in [3.05, 3.63) is 112 Å².